The number of hydrogen-bond acceptors (Lipinski definition) is 15. The SMILES string of the molecule is C=CC(=O)Cl.C=CC(=O)N1CC[C@@H](n2nc(-c3ccc(C(=O)Nc4cc(C)ccn4)cc3)c3c(N)ncnc32)C1.Cc1ccnc(NC(=O)c2ccc(-c3nn([C@@H]4CCNC4)c4ncnc(N)c34)cc2)c1. The number of pyridine rings is 2. The van der Waals surface area contributed by atoms with Gasteiger partial charge in [-0.05, 0) is 117 Å². The number of aryl methyl sites for hydroxylation is 2. The molecule has 0 aliphatic carbocycles. The average Bonchev–Trinajstić information content (AvgIpc) is 4.22. The van der Waals surface area contributed by atoms with E-state index in [2.05, 4.69) is 59.0 Å². The van der Waals surface area contributed by atoms with E-state index in [4.69, 9.17) is 33.3 Å². The van der Waals surface area contributed by atoms with Crippen LogP contribution in [0.15, 0.2) is 123 Å². The molecule has 8 heterocycles. The monoisotopic (exact) mass is 972 g/mol. The summed E-state index contributed by atoms with van der Waals surface area (Å²) in [4.78, 5) is 74.1. The molecule has 8 aromatic rings. The largest absolute Gasteiger partial charge is 0.383 e. The number of nitrogens with zero attached hydrogens (tertiary/aromatic N) is 11. The van der Waals surface area contributed by atoms with E-state index in [0.717, 1.165) is 65.3 Å². The summed E-state index contributed by atoms with van der Waals surface area (Å²) >= 11 is 4.71. The van der Waals surface area contributed by atoms with E-state index in [0.29, 0.717) is 69.9 Å². The van der Waals surface area contributed by atoms with Gasteiger partial charge in [-0.1, -0.05) is 37.4 Å². The Kier molecular flexibility index (Phi) is 14.9. The molecule has 6 aromatic heterocycles. The molecule has 0 bridgehead atoms. The minimum absolute atomic E-state index is 0.0451. The first-order chi connectivity index (χ1) is 34.3. The van der Waals surface area contributed by atoms with Crippen LogP contribution in [0.4, 0.5) is 23.3 Å². The first-order valence-electron chi connectivity index (χ1n) is 22.4. The Labute approximate surface area is 412 Å². The zero-order valence-electron chi connectivity index (χ0n) is 38.8. The zero-order chi connectivity index (χ0) is 50.2. The molecule has 2 atom stereocenters. The highest BCUT2D eigenvalue weighted by molar-refractivity contribution is 6.66. The number of hydrogen-bond donors (Lipinski definition) is 5. The van der Waals surface area contributed by atoms with E-state index in [1.54, 1.807) is 47.6 Å². The maximum Gasteiger partial charge on any atom is 0.256 e. The summed E-state index contributed by atoms with van der Waals surface area (Å²) in [6, 6.07) is 21.9. The molecule has 2 aliphatic rings. The number of nitrogens with two attached hydrogens (primary N) is 2. The fraction of sp³-hybridized carbons (Fsp3) is 0.200. The Morgan fingerprint density at radius 1 is 0.676 bits per heavy atom. The van der Waals surface area contributed by atoms with Crippen LogP contribution in [0, 0.1) is 13.8 Å². The second-order valence-corrected chi connectivity index (χ2v) is 17.0. The summed E-state index contributed by atoms with van der Waals surface area (Å²) in [6.07, 6.45) is 10.3. The molecule has 0 radical (unpaired) electrons. The maximum atomic E-state index is 12.7. The van der Waals surface area contributed by atoms with Crippen molar-refractivity contribution in [1.29, 1.82) is 0 Å². The van der Waals surface area contributed by atoms with Crippen LogP contribution in [-0.2, 0) is 9.59 Å². The van der Waals surface area contributed by atoms with Crippen LogP contribution in [0.2, 0.25) is 0 Å². The summed E-state index contributed by atoms with van der Waals surface area (Å²) < 4.78 is 3.76. The molecule has 71 heavy (non-hydrogen) atoms. The highest BCUT2D eigenvalue weighted by atomic mass is 35.5. The van der Waals surface area contributed by atoms with Gasteiger partial charge in [-0.25, -0.2) is 39.3 Å². The van der Waals surface area contributed by atoms with Crippen molar-refractivity contribution in [3.05, 3.63) is 145 Å². The molecule has 2 saturated heterocycles. The van der Waals surface area contributed by atoms with Crippen LogP contribution in [0.25, 0.3) is 44.6 Å². The number of carbonyl (C=O) groups is 4. The number of fused-ring (bicyclic) bond motifs is 2. The molecule has 21 heteroatoms. The van der Waals surface area contributed by atoms with Crippen molar-refractivity contribution < 1.29 is 19.2 Å². The normalized spacial score (nSPS) is 15.0. The Hall–Kier alpha value is -8.75. The van der Waals surface area contributed by atoms with E-state index in [1.807, 2.05) is 65.7 Å². The fourth-order valence-corrected chi connectivity index (χ4v) is 8.17. The first-order valence-corrected chi connectivity index (χ1v) is 22.8. The van der Waals surface area contributed by atoms with Gasteiger partial charge in [0.25, 0.3) is 11.8 Å². The fourth-order valence-electron chi connectivity index (χ4n) is 8.17. The number of nitrogens with one attached hydrogen (secondary N) is 3. The van der Waals surface area contributed by atoms with Crippen molar-refractivity contribution in [2.75, 3.05) is 48.3 Å². The average molecular weight is 974 g/mol. The molecule has 0 saturated carbocycles. The van der Waals surface area contributed by atoms with Crippen LogP contribution in [0.3, 0.4) is 0 Å². The number of likely N-dealkylation sites (tertiary alicyclic amines) is 1. The smallest absolute Gasteiger partial charge is 0.256 e. The van der Waals surface area contributed by atoms with Crippen LogP contribution in [-0.4, -0.2) is 104 Å². The number of anilines is 4. The van der Waals surface area contributed by atoms with Gasteiger partial charge in [-0.15, -0.1) is 0 Å². The number of rotatable bonds is 10. The van der Waals surface area contributed by atoms with Gasteiger partial charge < -0.3 is 32.3 Å². The van der Waals surface area contributed by atoms with E-state index in [-0.39, 0.29) is 29.8 Å². The summed E-state index contributed by atoms with van der Waals surface area (Å²) in [5, 5.41) is 19.5. The summed E-state index contributed by atoms with van der Waals surface area (Å²) in [6.45, 7) is 13.5. The number of benzene rings is 2. The summed E-state index contributed by atoms with van der Waals surface area (Å²) in [5.41, 5.74) is 19.8. The van der Waals surface area contributed by atoms with Gasteiger partial charge >= 0.3 is 0 Å². The van der Waals surface area contributed by atoms with Crippen LogP contribution >= 0.6 is 11.6 Å². The Bertz CT molecular complexity index is 3290. The van der Waals surface area contributed by atoms with Gasteiger partial charge in [0.1, 0.15) is 47.3 Å². The van der Waals surface area contributed by atoms with Crippen LogP contribution in [0.5, 0.6) is 0 Å². The van der Waals surface area contributed by atoms with Crippen molar-refractivity contribution in [3.8, 4) is 22.5 Å². The second-order valence-electron chi connectivity index (χ2n) is 16.6. The molecule has 3 amide bonds. The number of aromatic nitrogens is 10. The summed E-state index contributed by atoms with van der Waals surface area (Å²) in [5.74, 6) is 1.15. The van der Waals surface area contributed by atoms with Gasteiger partial charge in [0.05, 0.1) is 22.9 Å². The third-order valence-corrected chi connectivity index (χ3v) is 11.9. The lowest BCUT2D eigenvalue weighted by atomic mass is 10.1. The number of allylic oxidation sites excluding steroid dienone is 1. The number of amides is 3. The lowest BCUT2D eigenvalue weighted by molar-refractivity contribution is -0.125. The third kappa shape index (κ3) is 11.1. The molecule has 360 valence electrons. The molecular weight excluding hydrogens is 924 g/mol. The minimum atomic E-state index is -0.509. The Balaban J connectivity index is 0.000000175. The van der Waals surface area contributed by atoms with E-state index < -0.39 is 5.24 Å². The summed E-state index contributed by atoms with van der Waals surface area (Å²) in [7, 11) is 0. The van der Waals surface area contributed by atoms with Crippen molar-refractivity contribution in [2.45, 2.75) is 38.8 Å². The number of halogens is 1. The van der Waals surface area contributed by atoms with E-state index >= 15 is 0 Å². The molecule has 0 spiro atoms. The van der Waals surface area contributed by atoms with Gasteiger partial charge in [0.2, 0.25) is 11.1 Å². The predicted octanol–water partition coefficient (Wildman–Crippen LogP) is 6.49. The Morgan fingerprint density at radius 2 is 1.15 bits per heavy atom. The number of nitrogen functional groups attached to an aromatic ring is 2. The van der Waals surface area contributed by atoms with Gasteiger partial charge in [-0.2, -0.15) is 10.2 Å². The molecule has 10 rings (SSSR count). The van der Waals surface area contributed by atoms with Gasteiger partial charge in [-0.3, -0.25) is 19.2 Å². The standard InChI is InChI=1S/C25H24N8O2.C22H22N8O.C3H3ClO/c1-3-20(34)32-11-9-18(13-32)33-24-21(23(26)28-14-29-24)22(31-33)16-4-6-17(7-5-16)25(35)30-19-12-15(2)8-10-27-19;1-13-6-9-25-17(10-13)28-22(31)15-4-2-14(3-5-15)19-18-20(23)26-12-27-21(18)30(29-19)16-7-8-24-11-16;1-2-3(4)5/h3-8,10,12,14,18H,1,9,11,13H2,2H3,(H2,26,28,29)(H,27,30,35);2-6,9-10,12,16,24H,7-8,11H2,1H3,(H2,23,26,27)(H,25,28,31);2H,1H2/t18-;16-;/m11./s1. The highest BCUT2D eigenvalue weighted by Crippen LogP contribution is 2.35. The minimum Gasteiger partial charge on any atom is -0.383 e. The van der Waals surface area contributed by atoms with E-state index in [1.165, 1.54) is 18.7 Å². The molecule has 20 nitrogen and oxygen atoms in total. The lowest BCUT2D eigenvalue weighted by Crippen LogP contribution is -2.27. The second kappa shape index (κ2) is 21.7. The molecule has 2 fully saturated rings. The lowest BCUT2D eigenvalue weighted by Gasteiger charge is -2.14. The van der Waals surface area contributed by atoms with Crippen LogP contribution in [0.1, 0.15) is 56.8 Å². The van der Waals surface area contributed by atoms with Gasteiger partial charge in [0, 0.05) is 54.3 Å². The van der Waals surface area contributed by atoms with Crippen molar-refractivity contribution in [2.24, 2.45) is 0 Å². The number of carbonyl (C=O) groups excluding carboxylic acids is 4. The Morgan fingerprint density at radius 3 is 1.58 bits per heavy atom. The van der Waals surface area contributed by atoms with Crippen molar-refractivity contribution in [1.82, 2.24) is 59.7 Å². The quantitative estimate of drug-likeness (QED) is 0.0723. The zero-order valence-corrected chi connectivity index (χ0v) is 39.5. The van der Waals surface area contributed by atoms with Crippen molar-refractivity contribution >= 4 is 79.9 Å². The molecule has 0 unspecified atom stereocenters. The highest BCUT2D eigenvalue weighted by Gasteiger charge is 2.30. The molecular formula is C50H49ClN16O4. The molecule has 7 N–H and O–H groups in total. The van der Waals surface area contributed by atoms with Gasteiger partial charge in [0.15, 0.2) is 11.3 Å². The molecule has 2 aliphatic heterocycles. The molecule has 2 aromatic carbocycles. The van der Waals surface area contributed by atoms with Crippen molar-refractivity contribution in [3.63, 3.8) is 0 Å². The van der Waals surface area contributed by atoms with Crippen LogP contribution < -0.4 is 27.4 Å². The predicted molar refractivity (Wildman–Crippen MR) is 272 cm³/mol. The topological polar surface area (TPSA) is 273 Å². The van der Waals surface area contributed by atoms with E-state index in [9.17, 15) is 19.2 Å². The maximum absolute atomic E-state index is 12.7. The first kappa shape index (κ1) is 48.7. The third-order valence-electron chi connectivity index (χ3n) is 11.7.